The van der Waals surface area contributed by atoms with Crippen LogP contribution in [0.4, 0.5) is 5.69 Å². The molecule has 0 unspecified atom stereocenters. The van der Waals surface area contributed by atoms with Gasteiger partial charge >= 0.3 is 0 Å². The van der Waals surface area contributed by atoms with E-state index >= 15 is 0 Å². The summed E-state index contributed by atoms with van der Waals surface area (Å²) in [6.45, 7) is 0.578. The highest BCUT2D eigenvalue weighted by molar-refractivity contribution is 5.60. The summed E-state index contributed by atoms with van der Waals surface area (Å²) in [5, 5.41) is 10.7. The molecule has 0 aliphatic heterocycles. The molecule has 6 heteroatoms. The van der Waals surface area contributed by atoms with Gasteiger partial charge in [-0.25, -0.2) is 4.98 Å². The summed E-state index contributed by atoms with van der Waals surface area (Å²) in [5.74, 6) is 1.13. The van der Waals surface area contributed by atoms with Gasteiger partial charge in [-0.1, -0.05) is 12.1 Å². The number of nitrogens with two attached hydrogens (primary N) is 1. The monoisotopic (exact) mass is 247 g/mol. The van der Waals surface area contributed by atoms with Crippen molar-refractivity contribution in [2.24, 2.45) is 5.73 Å². The van der Waals surface area contributed by atoms with E-state index in [1.807, 2.05) is 0 Å². The number of oxazole rings is 1. The van der Waals surface area contributed by atoms with Crippen molar-refractivity contribution in [1.82, 2.24) is 4.98 Å². The van der Waals surface area contributed by atoms with Gasteiger partial charge in [0.05, 0.1) is 11.1 Å². The van der Waals surface area contributed by atoms with Gasteiger partial charge < -0.3 is 10.2 Å². The average molecular weight is 247 g/mol. The van der Waals surface area contributed by atoms with E-state index in [1.54, 1.807) is 18.3 Å². The first-order valence-corrected chi connectivity index (χ1v) is 5.60. The second-order valence-electron chi connectivity index (χ2n) is 3.82. The predicted molar refractivity (Wildman–Crippen MR) is 66.0 cm³/mol. The van der Waals surface area contributed by atoms with E-state index < -0.39 is 4.92 Å². The molecule has 2 aromatic rings. The minimum atomic E-state index is -0.435. The standard InChI is InChI=1S/C12H13N3O3/c13-6-2-5-12-14-8-11(18-12)9-3-1-4-10(7-9)15(16)17/h1,3-4,7-8H,2,5-6,13H2. The van der Waals surface area contributed by atoms with Crippen LogP contribution < -0.4 is 5.73 Å². The van der Waals surface area contributed by atoms with Crippen molar-refractivity contribution in [3.8, 4) is 11.3 Å². The zero-order valence-electron chi connectivity index (χ0n) is 9.70. The third kappa shape index (κ3) is 2.72. The number of rotatable bonds is 5. The zero-order valence-corrected chi connectivity index (χ0v) is 9.70. The fourth-order valence-corrected chi connectivity index (χ4v) is 1.59. The van der Waals surface area contributed by atoms with Crippen LogP contribution >= 0.6 is 0 Å². The summed E-state index contributed by atoms with van der Waals surface area (Å²) in [4.78, 5) is 14.4. The van der Waals surface area contributed by atoms with Crippen LogP contribution in [-0.4, -0.2) is 16.5 Å². The minimum absolute atomic E-state index is 0.0346. The average Bonchev–Trinajstić information content (AvgIpc) is 2.85. The first-order chi connectivity index (χ1) is 8.70. The van der Waals surface area contributed by atoms with Gasteiger partial charge in [0, 0.05) is 24.1 Å². The molecule has 0 fully saturated rings. The first kappa shape index (κ1) is 12.3. The van der Waals surface area contributed by atoms with E-state index in [-0.39, 0.29) is 5.69 Å². The molecular weight excluding hydrogens is 234 g/mol. The lowest BCUT2D eigenvalue weighted by molar-refractivity contribution is -0.384. The van der Waals surface area contributed by atoms with Crippen LogP contribution in [0.25, 0.3) is 11.3 Å². The molecule has 0 atom stereocenters. The van der Waals surface area contributed by atoms with Crippen molar-refractivity contribution < 1.29 is 9.34 Å². The molecule has 0 radical (unpaired) electrons. The van der Waals surface area contributed by atoms with Crippen LogP contribution in [0.5, 0.6) is 0 Å². The Hall–Kier alpha value is -2.21. The normalized spacial score (nSPS) is 10.5. The number of hydrogen-bond acceptors (Lipinski definition) is 5. The third-order valence-electron chi connectivity index (χ3n) is 2.49. The highest BCUT2D eigenvalue weighted by Crippen LogP contribution is 2.24. The Kier molecular flexibility index (Phi) is 3.69. The second-order valence-corrected chi connectivity index (χ2v) is 3.82. The van der Waals surface area contributed by atoms with Gasteiger partial charge in [0.1, 0.15) is 0 Å². The Bertz CT molecular complexity index is 551. The van der Waals surface area contributed by atoms with Gasteiger partial charge in [0.15, 0.2) is 11.7 Å². The highest BCUT2D eigenvalue weighted by Gasteiger charge is 2.10. The van der Waals surface area contributed by atoms with Crippen LogP contribution in [-0.2, 0) is 6.42 Å². The zero-order chi connectivity index (χ0) is 13.0. The number of nitro benzene ring substituents is 1. The van der Waals surface area contributed by atoms with Crippen molar-refractivity contribution >= 4 is 5.69 Å². The maximum absolute atomic E-state index is 10.7. The molecule has 1 aromatic carbocycles. The number of aromatic nitrogens is 1. The van der Waals surface area contributed by atoms with Crippen molar-refractivity contribution in [3.63, 3.8) is 0 Å². The number of nitro groups is 1. The van der Waals surface area contributed by atoms with Gasteiger partial charge in [0.25, 0.3) is 5.69 Å². The molecule has 0 aliphatic rings. The smallest absolute Gasteiger partial charge is 0.270 e. The quantitative estimate of drug-likeness (QED) is 0.645. The predicted octanol–water partition coefficient (Wildman–Crippen LogP) is 2.14. The van der Waals surface area contributed by atoms with Crippen molar-refractivity contribution in [2.45, 2.75) is 12.8 Å². The topological polar surface area (TPSA) is 95.2 Å². The molecule has 2 N–H and O–H groups in total. The molecule has 0 saturated heterocycles. The largest absolute Gasteiger partial charge is 0.441 e. The summed E-state index contributed by atoms with van der Waals surface area (Å²) in [6, 6.07) is 6.28. The number of benzene rings is 1. The molecule has 0 amide bonds. The van der Waals surface area contributed by atoms with Gasteiger partial charge in [-0.15, -0.1) is 0 Å². The lowest BCUT2D eigenvalue weighted by Crippen LogP contribution is -2.00. The molecule has 0 bridgehead atoms. The van der Waals surface area contributed by atoms with Gasteiger partial charge in [-0.2, -0.15) is 0 Å². The van der Waals surface area contributed by atoms with Crippen LogP contribution in [0.1, 0.15) is 12.3 Å². The second kappa shape index (κ2) is 5.42. The lowest BCUT2D eigenvalue weighted by Gasteiger charge is -1.96. The molecule has 94 valence electrons. The SMILES string of the molecule is NCCCc1ncc(-c2cccc([N+](=O)[O-])c2)o1. The molecule has 6 nitrogen and oxygen atoms in total. The minimum Gasteiger partial charge on any atom is -0.441 e. The first-order valence-electron chi connectivity index (χ1n) is 5.60. The molecule has 18 heavy (non-hydrogen) atoms. The molecule has 1 heterocycles. The van der Waals surface area contributed by atoms with Crippen LogP contribution in [0.15, 0.2) is 34.9 Å². The molecule has 1 aromatic heterocycles. The highest BCUT2D eigenvalue weighted by atomic mass is 16.6. The maximum atomic E-state index is 10.7. The number of non-ortho nitro benzene ring substituents is 1. The molecule has 0 saturated carbocycles. The van der Waals surface area contributed by atoms with E-state index in [1.165, 1.54) is 12.1 Å². The Balaban J connectivity index is 2.23. The fourth-order valence-electron chi connectivity index (χ4n) is 1.59. The van der Waals surface area contributed by atoms with E-state index in [4.69, 9.17) is 10.2 Å². The van der Waals surface area contributed by atoms with E-state index in [9.17, 15) is 10.1 Å². The molecule has 2 rings (SSSR count). The summed E-state index contributed by atoms with van der Waals surface area (Å²) >= 11 is 0. The summed E-state index contributed by atoms with van der Waals surface area (Å²) in [6.07, 6.45) is 3.05. The summed E-state index contributed by atoms with van der Waals surface area (Å²) in [7, 11) is 0. The Morgan fingerprint density at radius 3 is 3.00 bits per heavy atom. The lowest BCUT2D eigenvalue weighted by atomic mass is 10.2. The van der Waals surface area contributed by atoms with Crippen molar-refractivity contribution in [3.05, 3.63) is 46.5 Å². The van der Waals surface area contributed by atoms with Gasteiger partial charge in [0.2, 0.25) is 0 Å². The maximum Gasteiger partial charge on any atom is 0.270 e. The third-order valence-corrected chi connectivity index (χ3v) is 2.49. The number of aryl methyl sites for hydroxylation is 1. The van der Waals surface area contributed by atoms with Crippen molar-refractivity contribution in [1.29, 1.82) is 0 Å². The number of hydrogen-bond donors (Lipinski definition) is 1. The fraction of sp³-hybridized carbons (Fsp3) is 0.250. The Morgan fingerprint density at radius 1 is 1.44 bits per heavy atom. The Labute approximate surface area is 104 Å². The molecule has 0 spiro atoms. The molecular formula is C12H13N3O3. The Morgan fingerprint density at radius 2 is 2.28 bits per heavy atom. The number of nitrogens with zero attached hydrogens (tertiary/aromatic N) is 2. The van der Waals surface area contributed by atoms with Gasteiger partial charge in [-0.3, -0.25) is 10.1 Å². The van der Waals surface area contributed by atoms with Crippen molar-refractivity contribution in [2.75, 3.05) is 6.54 Å². The van der Waals surface area contributed by atoms with Gasteiger partial charge in [-0.05, 0) is 13.0 Å². The van der Waals surface area contributed by atoms with E-state index in [0.717, 1.165) is 6.42 Å². The van der Waals surface area contributed by atoms with E-state index in [0.29, 0.717) is 30.2 Å². The van der Waals surface area contributed by atoms with Crippen LogP contribution in [0, 0.1) is 10.1 Å². The van der Waals surface area contributed by atoms with Crippen LogP contribution in [0.2, 0.25) is 0 Å². The summed E-state index contributed by atoms with van der Waals surface area (Å²) in [5.41, 5.74) is 6.09. The van der Waals surface area contributed by atoms with E-state index in [2.05, 4.69) is 4.98 Å². The van der Waals surface area contributed by atoms with Crippen LogP contribution in [0.3, 0.4) is 0 Å². The molecule has 0 aliphatic carbocycles. The summed E-state index contributed by atoms with van der Waals surface area (Å²) < 4.78 is 5.52.